The van der Waals surface area contributed by atoms with E-state index in [2.05, 4.69) is 0 Å². The Balaban J connectivity index is 2.23. The number of rotatable bonds is 1. The fourth-order valence-corrected chi connectivity index (χ4v) is 2.00. The van der Waals surface area contributed by atoms with Crippen molar-refractivity contribution in [2.75, 3.05) is 18.8 Å². The minimum atomic E-state index is -0.882. The van der Waals surface area contributed by atoms with Crippen molar-refractivity contribution >= 4 is 11.6 Å². The fraction of sp³-hybridized carbons (Fsp3) is 0.417. The number of benzene rings is 1. The molecule has 1 aliphatic heterocycles. The molecule has 1 fully saturated rings. The fourth-order valence-electron chi connectivity index (χ4n) is 2.00. The molecule has 1 aromatic carbocycles. The molecule has 1 saturated heterocycles. The van der Waals surface area contributed by atoms with Gasteiger partial charge in [-0.05, 0) is 31.5 Å². The lowest BCUT2D eigenvalue weighted by molar-refractivity contribution is 0.0569. The number of β-amino-alcohol motifs (C(OH)–C–C–N with tert-alkyl or cyclic N) is 1. The van der Waals surface area contributed by atoms with Crippen molar-refractivity contribution in [2.45, 2.75) is 18.9 Å². The van der Waals surface area contributed by atoms with Gasteiger partial charge in [-0.2, -0.15) is 0 Å². The van der Waals surface area contributed by atoms with E-state index in [1.165, 1.54) is 23.1 Å². The van der Waals surface area contributed by atoms with Gasteiger partial charge >= 0.3 is 0 Å². The van der Waals surface area contributed by atoms with Gasteiger partial charge in [-0.3, -0.25) is 4.79 Å². The number of carbonyl (C=O) groups excluding carboxylic acids is 1. The smallest absolute Gasteiger partial charge is 0.257 e. The maximum Gasteiger partial charge on any atom is 0.257 e. The molecule has 1 amide bonds. The Morgan fingerprint density at radius 1 is 1.59 bits per heavy atom. The summed E-state index contributed by atoms with van der Waals surface area (Å²) in [5.41, 5.74) is 4.96. The number of anilines is 1. The summed E-state index contributed by atoms with van der Waals surface area (Å²) in [6.07, 6.45) is 0.503. The molecular formula is C12H15FN2O2. The van der Waals surface area contributed by atoms with E-state index in [0.29, 0.717) is 18.7 Å². The van der Waals surface area contributed by atoms with Crippen molar-refractivity contribution in [1.29, 1.82) is 0 Å². The lowest BCUT2D eigenvalue weighted by Gasteiger charge is -2.19. The van der Waals surface area contributed by atoms with Crippen molar-refractivity contribution < 1.29 is 14.3 Å². The van der Waals surface area contributed by atoms with Gasteiger partial charge in [0.15, 0.2) is 0 Å². The summed E-state index contributed by atoms with van der Waals surface area (Å²) in [6, 6.07) is 3.91. The molecule has 0 saturated carbocycles. The van der Waals surface area contributed by atoms with E-state index < -0.39 is 17.3 Å². The molecule has 1 unspecified atom stereocenters. The van der Waals surface area contributed by atoms with Crippen LogP contribution in [0.5, 0.6) is 0 Å². The van der Waals surface area contributed by atoms with Crippen molar-refractivity contribution in [1.82, 2.24) is 4.90 Å². The predicted octanol–water partition coefficient (Wildman–Crippen LogP) is 1.00. The highest BCUT2D eigenvalue weighted by Gasteiger charge is 2.35. The van der Waals surface area contributed by atoms with Gasteiger partial charge in [0, 0.05) is 18.8 Å². The molecule has 0 radical (unpaired) electrons. The van der Waals surface area contributed by atoms with Crippen molar-refractivity contribution in [2.24, 2.45) is 0 Å². The molecule has 2 rings (SSSR count). The van der Waals surface area contributed by atoms with Gasteiger partial charge in [-0.15, -0.1) is 0 Å². The molecular weight excluding hydrogens is 223 g/mol. The first-order valence-electron chi connectivity index (χ1n) is 5.46. The summed E-state index contributed by atoms with van der Waals surface area (Å²) in [5.74, 6) is -1.01. The molecule has 1 atom stereocenters. The first kappa shape index (κ1) is 11.9. The average molecular weight is 238 g/mol. The molecule has 17 heavy (non-hydrogen) atoms. The first-order chi connectivity index (χ1) is 7.89. The Morgan fingerprint density at radius 3 is 2.88 bits per heavy atom. The number of aliphatic hydroxyl groups is 1. The van der Waals surface area contributed by atoms with Crippen LogP contribution in [0.15, 0.2) is 18.2 Å². The highest BCUT2D eigenvalue weighted by atomic mass is 19.1. The van der Waals surface area contributed by atoms with Gasteiger partial charge in [0.05, 0.1) is 11.2 Å². The highest BCUT2D eigenvalue weighted by Crippen LogP contribution is 2.23. The SMILES string of the molecule is CC1(O)CCN(C(=O)c2cc(N)ccc2F)C1. The standard InChI is InChI=1S/C12H15FN2O2/c1-12(17)4-5-15(7-12)11(16)9-6-8(14)2-3-10(9)13/h2-3,6,17H,4-5,7,14H2,1H3. The summed E-state index contributed by atoms with van der Waals surface area (Å²) in [6.45, 7) is 2.32. The minimum Gasteiger partial charge on any atom is -0.399 e. The maximum absolute atomic E-state index is 13.5. The highest BCUT2D eigenvalue weighted by molar-refractivity contribution is 5.95. The largest absolute Gasteiger partial charge is 0.399 e. The average Bonchev–Trinajstić information content (AvgIpc) is 2.61. The van der Waals surface area contributed by atoms with Gasteiger partial charge in [-0.25, -0.2) is 4.39 Å². The molecule has 3 N–H and O–H groups in total. The molecule has 1 aromatic rings. The van der Waals surface area contributed by atoms with Crippen LogP contribution in [0.2, 0.25) is 0 Å². The third kappa shape index (κ3) is 2.39. The zero-order valence-corrected chi connectivity index (χ0v) is 9.61. The quantitative estimate of drug-likeness (QED) is 0.717. The van der Waals surface area contributed by atoms with Crippen molar-refractivity contribution in [3.05, 3.63) is 29.6 Å². The van der Waals surface area contributed by atoms with E-state index >= 15 is 0 Å². The van der Waals surface area contributed by atoms with Crippen LogP contribution in [0.25, 0.3) is 0 Å². The van der Waals surface area contributed by atoms with E-state index in [9.17, 15) is 14.3 Å². The minimum absolute atomic E-state index is 0.0392. The molecule has 0 spiro atoms. The predicted molar refractivity (Wildman–Crippen MR) is 62.0 cm³/mol. The number of nitrogens with two attached hydrogens (primary N) is 1. The van der Waals surface area contributed by atoms with E-state index in [-0.39, 0.29) is 12.1 Å². The lowest BCUT2D eigenvalue weighted by Crippen LogP contribution is -2.34. The summed E-state index contributed by atoms with van der Waals surface area (Å²) in [5, 5.41) is 9.77. The maximum atomic E-state index is 13.5. The summed E-state index contributed by atoms with van der Waals surface area (Å²) in [7, 11) is 0. The molecule has 1 aliphatic rings. The van der Waals surface area contributed by atoms with Gasteiger partial charge in [0.2, 0.25) is 0 Å². The van der Waals surface area contributed by atoms with Gasteiger partial charge in [0.25, 0.3) is 5.91 Å². The van der Waals surface area contributed by atoms with Crippen molar-refractivity contribution in [3.63, 3.8) is 0 Å². The number of amides is 1. The van der Waals surface area contributed by atoms with E-state index in [0.717, 1.165) is 0 Å². The van der Waals surface area contributed by atoms with Gasteiger partial charge in [-0.1, -0.05) is 0 Å². The van der Waals surface area contributed by atoms with E-state index in [4.69, 9.17) is 5.73 Å². The Hall–Kier alpha value is -1.62. The number of hydrogen-bond acceptors (Lipinski definition) is 3. The van der Waals surface area contributed by atoms with Crippen LogP contribution in [-0.4, -0.2) is 34.6 Å². The zero-order valence-electron chi connectivity index (χ0n) is 9.61. The van der Waals surface area contributed by atoms with Crippen LogP contribution in [0.1, 0.15) is 23.7 Å². The normalized spacial score (nSPS) is 24.1. The first-order valence-corrected chi connectivity index (χ1v) is 5.46. The molecule has 4 nitrogen and oxygen atoms in total. The van der Waals surface area contributed by atoms with Crippen LogP contribution in [0.4, 0.5) is 10.1 Å². The lowest BCUT2D eigenvalue weighted by atomic mass is 10.1. The van der Waals surface area contributed by atoms with Gasteiger partial charge in [0.1, 0.15) is 5.82 Å². The van der Waals surface area contributed by atoms with Crippen LogP contribution < -0.4 is 5.73 Å². The third-order valence-electron chi connectivity index (χ3n) is 2.96. The Morgan fingerprint density at radius 2 is 2.29 bits per heavy atom. The summed E-state index contributed by atoms with van der Waals surface area (Å²) >= 11 is 0. The van der Waals surface area contributed by atoms with Crippen LogP contribution in [-0.2, 0) is 0 Å². The molecule has 0 bridgehead atoms. The number of nitrogen functional groups attached to an aromatic ring is 1. The second kappa shape index (κ2) is 4.00. The summed E-state index contributed by atoms with van der Waals surface area (Å²) in [4.78, 5) is 13.5. The number of halogens is 1. The number of hydrogen-bond donors (Lipinski definition) is 2. The summed E-state index contributed by atoms with van der Waals surface area (Å²) < 4.78 is 13.5. The zero-order chi connectivity index (χ0) is 12.6. The molecule has 5 heteroatoms. The second-order valence-corrected chi connectivity index (χ2v) is 4.71. The van der Waals surface area contributed by atoms with E-state index in [1.807, 2.05) is 0 Å². The van der Waals surface area contributed by atoms with Crippen LogP contribution in [0.3, 0.4) is 0 Å². The second-order valence-electron chi connectivity index (χ2n) is 4.71. The molecule has 1 heterocycles. The number of nitrogens with zero attached hydrogens (tertiary/aromatic N) is 1. The van der Waals surface area contributed by atoms with Crippen LogP contribution in [0, 0.1) is 5.82 Å². The number of likely N-dealkylation sites (tertiary alicyclic amines) is 1. The molecule has 0 aromatic heterocycles. The van der Waals surface area contributed by atoms with Gasteiger partial charge < -0.3 is 15.7 Å². The Bertz CT molecular complexity index is 460. The number of carbonyl (C=O) groups is 1. The monoisotopic (exact) mass is 238 g/mol. The molecule has 0 aliphatic carbocycles. The van der Waals surface area contributed by atoms with E-state index in [1.54, 1.807) is 6.92 Å². The van der Waals surface area contributed by atoms with Crippen LogP contribution >= 0.6 is 0 Å². The Labute approximate surface area is 98.8 Å². The molecule has 92 valence electrons. The Kier molecular flexibility index (Phi) is 2.79. The topological polar surface area (TPSA) is 66.6 Å². The third-order valence-corrected chi connectivity index (χ3v) is 2.96. The van der Waals surface area contributed by atoms with Crippen molar-refractivity contribution in [3.8, 4) is 0 Å².